The van der Waals surface area contributed by atoms with Gasteiger partial charge >= 0.3 is 0 Å². The second-order valence-electron chi connectivity index (χ2n) is 7.86. The Labute approximate surface area is 171 Å². The summed E-state index contributed by atoms with van der Waals surface area (Å²) in [5.41, 5.74) is 1.39. The molecule has 0 radical (unpaired) electrons. The molecule has 1 aliphatic rings. The van der Waals surface area contributed by atoms with E-state index in [1.54, 1.807) is 4.90 Å². The molecular weight excluding hydrogens is 368 g/mol. The largest absolute Gasteiger partial charge is 0.478 e. The van der Waals surface area contributed by atoms with Gasteiger partial charge in [-0.25, -0.2) is 4.68 Å². The number of aryl methyl sites for hydroxylation is 1. The lowest BCUT2D eigenvalue weighted by atomic mass is 10.2. The van der Waals surface area contributed by atoms with Crippen molar-refractivity contribution < 1.29 is 9.53 Å². The SMILES string of the molecule is CCOc1cc(=O)c(C(=O)N2CCN(CC(C)C)CC2)nn1-c1ccc(C)cc1. The molecule has 7 heteroatoms. The zero-order chi connectivity index (χ0) is 21.0. The van der Waals surface area contributed by atoms with Gasteiger partial charge in [-0.3, -0.25) is 14.5 Å². The maximum Gasteiger partial charge on any atom is 0.278 e. The summed E-state index contributed by atoms with van der Waals surface area (Å²) in [6.07, 6.45) is 0. The molecule has 1 aromatic heterocycles. The fraction of sp³-hybridized carbons (Fsp3) is 0.500. The maximum absolute atomic E-state index is 13.0. The number of hydrogen-bond donors (Lipinski definition) is 0. The topological polar surface area (TPSA) is 67.7 Å². The van der Waals surface area contributed by atoms with Gasteiger partial charge in [0.2, 0.25) is 11.3 Å². The molecule has 1 aliphatic heterocycles. The first kappa shape index (κ1) is 21.0. The summed E-state index contributed by atoms with van der Waals surface area (Å²) in [5.74, 6) is 0.606. The van der Waals surface area contributed by atoms with Crippen molar-refractivity contribution in [3.05, 3.63) is 51.8 Å². The molecule has 0 N–H and O–H groups in total. The van der Waals surface area contributed by atoms with Gasteiger partial charge in [0.05, 0.1) is 18.4 Å². The van der Waals surface area contributed by atoms with Gasteiger partial charge in [-0.15, -0.1) is 0 Å². The molecule has 2 aromatic rings. The molecule has 0 saturated carbocycles. The van der Waals surface area contributed by atoms with Crippen molar-refractivity contribution in [1.82, 2.24) is 19.6 Å². The van der Waals surface area contributed by atoms with Crippen molar-refractivity contribution in [3.8, 4) is 11.6 Å². The quantitative estimate of drug-likeness (QED) is 0.747. The van der Waals surface area contributed by atoms with Crippen molar-refractivity contribution in [1.29, 1.82) is 0 Å². The molecule has 29 heavy (non-hydrogen) atoms. The van der Waals surface area contributed by atoms with Gasteiger partial charge in [-0.2, -0.15) is 5.10 Å². The van der Waals surface area contributed by atoms with E-state index in [-0.39, 0.29) is 11.6 Å². The molecule has 2 heterocycles. The van der Waals surface area contributed by atoms with Crippen LogP contribution in [0.1, 0.15) is 36.8 Å². The van der Waals surface area contributed by atoms with E-state index in [0.29, 0.717) is 31.5 Å². The molecule has 1 amide bonds. The van der Waals surface area contributed by atoms with Crippen molar-refractivity contribution in [2.24, 2.45) is 5.92 Å². The van der Waals surface area contributed by atoms with Crippen LogP contribution in [-0.2, 0) is 0 Å². The minimum Gasteiger partial charge on any atom is -0.478 e. The second-order valence-corrected chi connectivity index (χ2v) is 7.86. The monoisotopic (exact) mass is 398 g/mol. The van der Waals surface area contributed by atoms with E-state index in [1.165, 1.54) is 10.7 Å². The Hall–Kier alpha value is -2.67. The van der Waals surface area contributed by atoms with E-state index in [9.17, 15) is 9.59 Å². The summed E-state index contributed by atoms with van der Waals surface area (Å²) >= 11 is 0. The highest BCUT2D eigenvalue weighted by atomic mass is 16.5. The fourth-order valence-corrected chi connectivity index (χ4v) is 3.51. The van der Waals surface area contributed by atoms with Crippen molar-refractivity contribution in [3.63, 3.8) is 0 Å². The number of aromatic nitrogens is 2. The molecule has 3 rings (SSSR count). The van der Waals surface area contributed by atoms with Gasteiger partial charge in [-0.05, 0) is 31.9 Å². The number of amides is 1. The first-order valence-corrected chi connectivity index (χ1v) is 10.2. The second kappa shape index (κ2) is 9.22. The summed E-state index contributed by atoms with van der Waals surface area (Å²) in [4.78, 5) is 29.8. The minimum absolute atomic E-state index is 0.0636. The van der Waals surface area contributed by atoms with Crippen LogP contribution in [0.15, 0.2) is 35.1 Å². The maximum atomic E-state index is 13.0. The first-order valence-electron chi connectivity index (χ1n) is 10.2. The van der Waals surface area contributed by atoms with E-state index < -0.39 is 5.43 Å². The molecule has 0 aliphatic carbocycles. The molecule has 156 valence electrons. The van der Waals surface area contributed by atoms with E-state index in [0.717, 1.165) is 30.9 Å². The van der Waals surface area contributed by atoms with Crippen LogP contribution in [0.2, 0.25) is 0 Å². The molecule has 0 atom stereocenters. The first-order chi connectivity index (χ1) is 13.9. The van der Waals surface area contributed by atoms with Crippen molar-refractivity contribution in [2.75, 3.05) is 39.3 Å². The van der Waals surface area contributed by atoms with Crippen LogP contribution in [0.25, 0.3) is 5.69 Å². The molecule has 1 aromatic carbocycles. The van der Waals surface area contributed by atoms with Crippen LogP contribution < -0.4 is 10.2 Å². The van der Waals surface area contributed by atoms with Crippen LogP contribution in [0, 0.1) is 12.8 Å². The Balaban J connectivity index is 1.87. The fourth-order valence-electron chi connectivity index (χ4n) is 3.51. The van der Waals surface area contributed by atoms with Crippen LogP contribution in [0.4, 0.5) is 0 Å². The van der Waals surface area contributed by atoms with Crippen LogP contribution in [0.3, 0.4) is 0 Å². The normalized spacial score (nSPS) is 15.0. The Kier molecular flexibility index (Phi) is 6.69. The lowest BCUT2D eigenvalue weighted by Gasteiger charge is -2.35. The van der Waals surface area contributed by atoms with Crippen LogP contribution in [-0.4, -0.2) is 64.8 Å². The van der Waals surface area contributed by atoms with Gasteiger partial charge in [-0.1, -0.05) is 31.5 Å². The van der Waals surface area contributed by atoms with E-state index in [2.05, 4.69) is 23.8 Å². The number of rotatable bonds is 6. The predicted octanol–water partition coefficient (Wildman–Crippen LogP) is 2.35. The Morgan fingerprint density at radius 1 is 1.14 bits per heavy atom. The third-order valence-electron chi connectivity index (χ3n) is 4.95. The van der Waals surface area contributed by atoms with Crippen molar-refractivity contribution in [2.45, 2.75) is 27.7 Å². The highest BCUT2D eigenvalue weighted by molar-refractivity contribution is 5.92. The number of nitrogens with zero attached hydrogens (tertiary/aromatic N) is 4. The average Bonchev–Trinajstić information content (AvgIpc) is 2.69. The highest BCUT2D eigenvalue weighted by Crippen LogP contribution is 2.17. The molecule has 7 nitrogen and oxygen atoms in total. The molecule has 0 bridgehead atoms. The highest BCUT2D eigenvalue weighted by Gasteiger charge is 2.26. The van der Waals surface area contributed by atoms with Crippen LogP contribution in [0.5, 0.6) is 5.88 Å². The predicted molar refractivity (Wildman–Crippen MR) is 113 cm³/mol. The van der Waals surface area contributed by atoms with Crippen LogP contribution >= 0.6 is 0 Å². The summed E-state index contributed by atoms with van der Waals surface area (Å²) < 4.78 is 7.14. The summed E-state index contributed by atoms with van der Waals surface area (Å²) in [6.45, 7) is 12.5. The smallest absolute Gasteiger partial charge is 0.278 e. The van der Waals surface area contributed by atoms with E-state index in [4.69, 9.17) is 4.74 Å². The zero-order valence-corrected chi connectivity index (χ0v) is 17.7. The lowest BCUT2D eigenvalue weighted by Crippen LogP contribution is -2.50. The third-order valence-corrected chi connectivity index (χ3v) is 4.95. The van der Waals surface area contributed by atoms with Gasteiger partial charge in [0, 0.05) is 32.7 Å². The number of carbonyl (C=O) groups excluding carboxylic acids is 1. The third kappa shape index (κ3) is 5.03. The molecule has 1 fully saturated rings. The van der Waals surface area contributed by atoms with E-state index >= 15 is 0 Å². The van der Waals surface area contributed by atoms with Gasteiger partial charge in [0.15, 0.2) is 5.69 Å². The zero-order valence-electron chi connectivity index (χ0n) is 17.7. The Morgan fingerprint density at radius 3 is 2.38 bits per heavy atom. The summed E-state index contributed by atoms with van der Waals surface area (Å²) in [6, 6.07) is 9.07. The molecule has 1 saturated heterocycles. The Bertz CT molecular complexity index is 897. The van der Waals surface area contributed by atoms with Gasteiger partial charge in [0.1, 0.15) is 0 Å². The molecular formula is C22H30N4O3. The standard InChI is InChI=1S/C22H30N4O3/c1-5-29-20-14-19(27)21(23-26(20)18-8-6-17(4)7-9-18)22(28)25-12-10-24(11-13-25)15-16(2)3/h6-9,14,16H,5,10-13,15H2,1-4H3. The van der Waals surface area contributed by atoms with Gasteiger partial charge < -0.3 is 9.64 Å². The van der Waals surface area contributed by atoms with Crippen molar-refractivity contribution >= 4 is 5.91 Å². The van der Waals surface area contributed by atoms with Gasteiger partial charge in [0.25, 0.3) is 5.91 Å². The number of benzene rings is 1. The number of piperazine rings is 1. The average molecular weight is 399 g/mol. The molecule has 0 spiro atoms. The van der Waals surface area contributed by atoms with E-state index in [1.807, 2.05) is 38.1 Å². The summed E-state index contributed by atoms with van der Waals surface area (Å²) in [5, 5.41) is 4.41. The lowest BCUT2D eigenvalue weighted by molar-refractivity contribution is 0.0614. The number of carbonyl (C=O) groups is 1. The molecule has 0 unspecified atom stereocenters. The number of hydrogen-bond acceptors (Lipinski definition) is 5. The minimum atomic E-state index is -0.411. The number of ether oxygens (including phenoxy) is 1. The summed E-state index contributed by atoms with van der Waals surface area (Å²) in [7, 11) is 0. The Morgan fingerprint density at radius 2 is 1.79 bits per heavy atom.